The van der Waals surface area contributed by atoms with E-state index in [0.29, 0.717) is 64.6 Å². The summed E-state index contributed by atoms with van der Waals surface area (Å²) in [7, 11) is 0. The molecule has 1 saturated heterocycles. The van der Waals surface area contributed by atoms with Crippen molar-refractivity contribution in [2.45, 2.75) is 19.4 Å². The average molecular weight is 450 g/mol. The number of ether oxygens (including phenoxy) is 1. The number of aliphatic imine (C=N–C) groups is 1. The second-order valence-corrected chi connectivity index (χ2v) is 8.27. The molecule has 0 saturated carbocycles. The van der Waals surface area contributed by atoms with Crippen LogP contribution in [0, 0.1) is 5.92 Å². The van der Waals surface area contributed by atoms with Gasteiger partial charge in [0, 0.05) is 29.1 Å². The summed E-state index contributed by atoms with van der Waals surface area (Å²) < 4.78 is 5.91. The summed E-state index contributed by atoms with van der Waals surface area (Å²) >= 11 is 12.5. The van der Waals surface area contributed by atoms with E-state index in [1.54, 1.807) is 18.2 Å². The Morgan fingerprint density at radius 1 is 1.30 bits per heavy atom. The van der Waals surface area contributed by atoms with Crippen molar-refractivity contribution >= 4 is 34.9 Å². The standard InChI is InChI=1S/C20H25Cl2N7O/c21-14-1-2-15(22)13(9-14)11-29-8-7-26-18(24)17(29)10-16(23)20-28-27-19(30-20)12-3-5-25-6-4-12/h1-2,9-10,12,25,28H,3-8,11,23H2,(H2,24,26). The first-order valence-corrected chi connectivity index (χ1v) is 10.7. The molecule has 8 nitrogen and oxygen atoms in total. The Labute approximate surface area is 185 Å². The highest BCUT2D eigenvalue weighted by atomic mass is 35.5. The fourth-order valence-corrected chi connectivity index (χ4v) is 4.06. The molecule has 3 aliphatic rings. The zero-order chi connectivity index (χ0) is 21.1. The van der Waals surface area contributed by atoms with E-state index in [1.807, 2.05) is 6.07 Å². The van der Waals surface area contributed by atoms with Crippen molar-refractivity contribution in [1.82, 2.24) is 15.6 Å². The predicted octanol–water partition coefficient (Wildman–Crippen LogP) is 2.11. The van der Waals surface area contributed by atoms with Gasteiger partial charge < -0.3 is 26.4 Å². The van der Waals surface area contributed by atoms with Gasteiger partial charge in [-0.05, 0) is 55.8 Å². The summed E-state index contributed by atoms with van der Waals surface area (Å²) in [5.74, 6) is 1.80. The fourth-order valence-electron chi connectivity index (χ4n) is 3.69. The van der Waals surface area contributed by atoms with Gasteiger partial charge in [-0.25, -0.2) is 5.43 Å². The molecule has 0 aromatic heterocycles. The normalized spacial score (nSPS) is 23.0. The molecule has 1 fully saturated rings. The van der Waals surface area contributed by atoms with E-state index in [-0.39, 0.29) is 0 Å². The second kappa shape index (κ2) is 9.16. The predicted molar refractivity (Wildman–Crippen MR) is 120 cm³/mol. The minimum Gasteiger partial charge on any atom is -0.421 e. The van der Waals surface area contributed by atoms with Crippen LogP contribution in [0.5, 0.6) is 0 Å². The quantitative estimate of drug-likeness (QED) is 0.559. The SMILES string of the molecule is NC1=NCCN(Cc2cc(Cl)ccc2Cl)C1=CC(N)=C1NN=C(C2CCNCC2)O1. The van der Waals surface area contributed by atoms with E-state index in [1.165, 1.54) is 0 Å². The number of piperidine rings is 1. The van der Waals surface area contributed by atoms with Crippen LogP contribution in [-0.2, 0) is 11.3 Å². The van der Waals surface area contributed by atoms with E-state index in [4.69, 9.17) is 39.4 Å². The number of allylic oxidation sites excluding steroid dienone is 1. The van der Waals surface area contributed by atoms with Crippen molar-refractivity contribution in [1.29, 1.82) is 0 Å². The number of hydrogen-bond donors (Lipinski definition) is 4. The molecule has 0 bridgehead atoms. The summed E-state index contributed by atoms with van der Waals surface area (Å²) in [4.78, 5) is 6.44. The number of hydrazone groups is 1. The van der Waals surface area contributed by atoms with Crippen LogP contribution in [0.3, 0.4) is 0 Å². The molecule has 160 valence electrons. The monoisotopic (exact) mass is 449 g/mol. The van der Waals surface area contributed by atoms with E-state index in [9.17, 15) is 0 Å². The van der Waals surface area contributed by atoms with Crippen LogP contribution in [0.2, 0.25) is 10.0 Å². The Bertz CT molecular complexity index is 935. The van der Waals surface area contributed by atoms with Crippen LogP contribution in [0.15, 0.2) is 51.6 Å². The molecule has 30 heavy (non-hydrogen) atoms. The maximum atomic E-state index is 6.35. The highest BCUT2D eigenvalue weighted by molar-refractivity contribution is 6.33. The Balaban J connectivity index is 1.53. The van der Waals surface area contributed by atoms with Gasteiger partial charge in [-0.2, -0.15) is 0 Å². The van der Waals surface area contributed by atoms with Crippen molar-refractivity contribution in [2.24, 2.45) is 27.5 Å². The highest BCUT2D eigenvalue weighted by Crippen LogP contribution is 2.25. The summed E-state index contributed by atoms with van der Waals surface area (Å²) in [5.41, 5.74) is 17.4. The topological polar surface area (TPSA) is 113 Å². The number of halogens is 2. The molecule has 0 aliphatic carbocycles. The number of hydrogen-bond acceptors (Lipinski definition) is 8. The van der Waals surface area contributed by atoms with Crippen molar-refractivity contribution in [3.05, 3.63) is 57.2 Å². The van der Waals surface area contributed by atoms with Gasteiger partial charge in [0.15, 0.2) is 0 Å². The van der Waals surface area contributed by atoms with Crippen LogP contribution in [0.25, 0.3) is 0 Å². The summed E-state index contributed by atoms with van der Waals surface area (Å²) in [5, 5.41) is 8.94. The van der Waals surface area contributed by atoms with E-state index in [2.05, 4.69) is 25.7 Å². The van der Waals surface area contributed by atoms with Crippen molar-refractivity contribution < 1.29 is 4.74 Å². The lowest BCUT2D eigenvalue weighted by molar-refractivity contribution is 0.345. The lowest BCUT2D eigenvalue weighted by Crippen LogP contribution is -2.38. The molecule has 0 spiro atoms. The third kappa shape index (κ3) is 4.66. The molecule has 0 amide bonds. The maximum Gasteiger partial charge on any atom is 0.238 e. The van der Waals surface area contributed by atoms with E-state index < -0.39 is 0 Å². The molecule has 6 N–H and O–H groups in total. The number of amidine groups is 1. The number of nitrogens with two attached hydrogens (primary N) is 2. The van der Waals surface area contributed by atoms with Crippen LogP contribution in [0.1, 0.15) is 18.4 Å². The molecule has 3 heterocycles. The van der Waals surface area contributed by atoms with Crippen molar-refractivity contribution in [2.75, 3.05) is 26.2 Å². The zero-order valence-corrected chi connectivity index (χ0v) is 18.0. The van der Waals surface area contributed by atoms with Crippen molar-refractivity contribution in [3.63, 3.8) is 0 Å². The number of benzene rings is 1. The molecule has 3 aliphatic heterocycles. The van der Waals surface area contributed by atoms with Crippen LogP contribution < -0.4 is 22.2 Å². The van der Waals surface area contributed by atoms with Gasteiger partial charge in [0.2, 0.25) is 11.8 Å². The molecule has 10 heteroatoms. The average Bonchev–Trinajstić information content (AvgIpc) is 3.24. The van der Waals surface area contributed by atoms with Gasteiger partial charge in [0.05, 0.1) is 17.9 Å². The summed E-state index contributed by atoms with van der Waals surface area (Å²) in [6, 6.07) is 5.41. The zero-order valence-electron chi connectivity index (χ0n) is 16.5. The van der Waals surface area contributed by atoms with Crippen molar-refractivity contribution in [3.8, 4) is 0 Å². The van der Waals surface area contributed by atoms with Gasteiger partial charge in [0.1, 0.15) is 5.84 Å². The summed E-state index contributed by atoms with van der Waals surface area (Å²) in [6.45, 7) is 3.73. The molecular weight excluding hydrogens is 425 g/mol. The molecule has 1 aromatic carbocycles. The van der Waals surface area contributed by atoms with Crippen LogP contribution in [0.4, 0.5) is 0 Å². The second-order valence-electron chi connectivity index (χ2n) is 7.43. The van der Waals surface area contributed by atoms with Gasteiger partial charge in [-0.3, -0.25) is 4.99 Å². The van der Waals surface area contributed by atoms with Gasteiger partial charge >= 0.3 is 0 Å². The lowest BCUT2D eigenvalue weighted by Gasteiger charge is -2.30. The number of rotatable bonds is 4. The Hall–Kier alpha value is -2.42. The first kappa shape index (κ1) is 20.8. The lowest BCUT2D eigenvalue weighted by atomic mass is 9.98. The molecule has 0 radical (unpaired) electrons. The minimum absolute atomic E-state index is 0.291. The highest BCUT2D eigenvalue weighted by Gasteiger charge is 2.27. The maximum absolute atomic E-state index is 6.35. The Morgan fingerprint density at radius 2 is 2.10 bits per heavy atom. The minimum atomic E-state index is 0.291. The first-order valence-electron chi connectivity index (χ1n) is 9.94. The largest absolute Gasteiger partial charge is 0.421 e. The number of nitrogens with one attached hydrogen (secondary N) is 2. The molecule has 4 rings (SSSR count). The fraction of sp³-hybridized carbons (Fsp3) is 0.400. The smallest absolute Gasteiger partial charge is 0.238 e. The first-order chi connectivity index (χ1) is 14.5. The van der Waals surface area contributed by atoms with E-state index >= 15 is 0 Å². The Morgan fingerprint density at radius 3 is 2.90 bits per heavy atom. The molecule has 1 aromatic rings. The Kier molecular flexibility index (Phi) is 6.36. The van der Waals surface area contributed by atoms with Crippen LogP contribution >= 0.6 is 23.2 Å². The van der Waals surface area contributed by atoms with Crippen LogP contribution in [-0.4, -0.2) is 42.8 Å². The molecule has 0 unspecified atom stereocenters. The molecular formula is C20H25Cl2N7O. The van der Waals surface area contributed by atoms with Gasteiger partial charge in [-0.15, -0.1) is 5.10 Å². The van der Waals surface area contributed by atoms with Gasteiger partial charge in [-0.1, -0.05) is 23.2 Å². The van der Waals surface area contributed by atoms with Gasteiger partial charge in [0.25, 0.3) is 0 Å². The third-order valence-electron chi connectivity index (χ3n) is 5.34. The third-order valence-corrected chi connectivity index (χ3v) is 5.95. The molecule has 0 atom stereocenters. The van der Waals surface area contributed by atoms with E-state index in [0.717, 1.165) is 31.5 Å². The summed E-state index contributed by atoms with van der Waals surface area (Å²) in [6.07, 6.45) is 3.74. The number of nitrogens with zero attached hydrogens (tertiary/aromatic N) is 3.